The van der Waals surface area contributed by atoms with Crippen molar-refractivity contribution in [3.8, 4) is 0 Å². The number of rotatable bonds is 1. The third kappa shape index (κ3) is 2.09. The highest BCUT2D eigenvalue weighted by Gasteiger charge is 2.32. The minimum absolute atomic E-state index is 0.0803. The quantitative estimate of drug-likeness (QED) is 0.689. The van der Waals surface area contributed by atoms with Crippen LogP contribution in [0, 0.1) is 5.82 Å². The van der Waals surface area contributed by atoms with Crippen LogP contribution >= 0.6 is 0 Å². The maximum absolute atomic E-state index is 12.8. The number of hydrogen-bond donors (Lipinski definition) is 0. The summed E-state index contributed by atoms with van der Waals surface area (Å²) in [5, 5.41) is 0. The van der Waals surface area contributed by atoms with Crippen molar-refractivity contribution in [3.05, 3.63) is 35.6 Å². The molecule has 0 aromatic heterocycles. The van der Waals surface area contributed by atoms with Gasteiger partial charge in [0.1, 0.15) is 11.6 Å². The van der Waals surface area contributed by atoms with Gasteiger partial charge in [-0.25, -0.2) is 4.39 Å². The molecule has 1 unspecified atom stereocenters. The summed E-state index contributed by atoms with van der Waals surface area (Å²) in [5.74, 6) is 0.109. The molecule has 0 bridgehead atoms. The first-order valence-corrected chi connectivity index (χ1v) is 5.38. The Labute approximate surface area is 89.3 Å². The summed E-state index contributed by atoms with van der Waals surface area (Å²) in [5.41, 5.74) is 1.00. The molecule has 1 aromatic rings. The SMILES string of the molecule is CC1(c2ccc(F)cc2)CCCC(=O)C1. The molecule has 1 fully saturated rings. The van der Waals surface area contributed by atoms with Crippen LogP contribution in [-0.2, 0) is 10.2 Å². The van der Waals surface area contributed by atoms with Crippen LogP contribution < -0.4 is 0 Å². The van der Waals surface area contributed by atoms with Crippen LogP contribution in [0.25, 0.3) is 0 Å². The molecule has 0 heterocycles. The summed E-state index contributed by atoms with van der Waals surface area (Å²) < 4.78 is 12.8. The molecule has 80 valence electrons. The van der Waals surface area contributed by atoms with Crippen LogP contribution in [-0.4, -0.2) is 5.78 Å². The fraction of sp³-hybridized carbons (Fsp3) is 0.462. The fourth-order valence-corrected chi connectivity index (χ4v) is 2.39. The number of carbonyl (C=O) groups excluding carboxylic acids is 1. The molecule has 0 spiro atoms. The maximum Gasteiger partial charge on any atom is 0.133 e. The Morgan fingerprint density at radius 2 is 1.93 bits per heavy atom. The van der Waals surface area contributed by atoms with E-state index in [-0.39, 0.29) is 11.2 Å². The molecule has 2 rings (SSSR count). The minimum Gasteiger partial charge on any atom is -0.300 e. The molecule has 0 N–H and O–H groups in total. The number of carbonyl (C=O) groups is 1. The normalized spacial score (nSPS) is 26.7. The van der Waals surface area contributed by atoms with Gasteiger partial charge in [-0.2, -0.15) is 0 Å². The molecule has 0 saturated heterocycles. The van der Waals surface area contributed by atoms with Gasteiger partial charge in [0, 0.05) is 12.8 Å². The lowest BCUT2D eigenvalue weighted by molar-refractivity contribution is -0.121. The first-order valence-electron chi connectivity index (χ1n) is 5.38. The van der Waals surface area contributed by atoms with E-state index in [2.05, 4.69) is 6.92 Å². The van der Waals surface area contributed by atoms with Crippen molar-refractivity contribution < 1.29 is 9.18 Å². The van der Waals surface area contributed by atoms with Crippen molar-refractivity contribution >= 4 is 5.78 Å². The van der Waals surface area contributed by atoms with Gasteiger partial charge in [-0.3, -0.25) is 4.79 Å². The van der Waals surface area contributed by atoms with E-state index in [1.165, 1.54) is 12.1 Å². The minimum atomic E-state index is -0.218. The smallest absolute Gasteiger partial charge is 0.133 e. The Kier molecular flexibility index (Phi) is 2.59. The maximum atomic E-state index is 12.8. The summed E-state index contributed by atoms with van der Waals surface area (Å²) in [6.45, 7) is 2.09. The highest BCUT2D eigenvalue weighted by molar-refractivity contribution is 5.80. The largest absolute Gasteiger partial charge is 0.300 e. The van der Waals surface area contributed by atoms with Crippen molar-refractivity contribution in [2.24, 2.45) is 0 Å². The van der Waals surface area contributed by atoms with Gasteiger partial charge in [0.25, 0.3) is 0 Å². The second-order valence-electron chi connectivity index (χ2n) is 4.64. The molecular weight excluding hydrogens is 191 g/mol. The number of halogens is 1. The molecule has 1 nitrogen and oxygen atoms in total. The number of ketones is 1. The summed E-state index contributed by atoms with van der Waals surface area (Å²) in [4.78, 5) is 11.4. The van der Waals surface area contributed by atoms with Gasteiger partial charge < -0.3 is 0 Å². The molecular formula is C13H15FO. The highest BCUT2D eigenvalue weighted by atomic mass is 19.1. The second-order valence-corrected chi connectivity index (χ2v) is 4.64. The number of hydrogen-bond acceptors (Lipinski definition) is 1. The molecule has 2 heteroatoms. The molecule has 15 heavy (non-hydrogen) atoms. The van der Waals surface area contributed by atoms with E-state index < -0.39 is 0 Å². The van der Waals surface area contributed by atoms with Crippen molar-refractivity contribution in [1.82, 2.24) is 0 Å². The van der Waals surface area contributed by atoms with Crippen LogP contribution in [0.2, 0.25) is 0 Å². The first-order chi connectivity index (χ1) is 7.10. The standard InChI is InChI=1S/C13H15FO/c1-13(8-2-3-12(15)9-13)10-4-6-11(14)7-5-10/h4-7H,2-3,8-9H2,1H3. The molecule has 1 aromatic carbocycles. The molecule has 0 aliphatic heterocycles. The average Bonchev–Trinajstić information content (AvgIpc) is 2.18. The average molecular weight is 206 g/mol. The fourth-order valence-electron chi connectivity index (χ4n) is 2.39. The lowest BCUT2D eigenvalue weighted by Gasteiger charge is -2.33. The summed E-state index contributed by atoms with van der Waals surface area (Å²) in [7, 11) is 0. The Bertz CT molecular complexity index is 369. The van der Waals surface area contributed by atoms with E-state index in [0.717, 1.165) is 18.4 Å². The highest BCUT2D eigenvalue weighted by Crippen LogP contribution is 2.37. The third-order valence-corrected chi connectivity index (χ3v) is 3.31. The van der Waals surface area contributed by atoms with Crippen LogP contribution in [0.5, 0.6) is 0 Å². The van der Waals surface area contributed by atoms with Gasteiger partial charge in [0.05, 0.1) is 0 Å². The van der Waals surface area contributed by atoms with Gasteiger partial charge in [0.15, 0.2) is 0 Å². The van der Waals surface area contributed by atoms with Crippen LogP contribution in [0.4, 0.5) is 4.39 Å². The van der Waals surface area contributed by atoms with Crippen molar-refractivity contribution in [2.45, 2.75) is 38.0 Å². The molecule has 0 amide bonds. The van der Waals surface area contributed by atoms with E-state index >= 15 is 0 Å². The summed E-state index contributed by atoms with van der Waals surface area (Å²) >= 11 is 0. The molecule has 1 atom stereocenters. The summed E-state index contributed by atoms with van der Waals surface area (Å²) in [6.07, 6.45) is 3.27. The van der Waals surface area contributed by atoms with E-state index in [4.69, 9.17) is 0 Å². The van der Waals surface area contributed by atoms with E-state index in [1.807, 2.05) is 0 Å². The molecule has 1 aliphatic rings. The second kappa shape index (κ2) is 3.76. The third-order valence-electron chi connectivity index (χ3n) is 3.31. The zero-order valence-electron chi connectivity index (χ0n) is 8.92. The Morgan fingerprint density at radius 3 is 2.53 bits per heavy atom. The number of benzene rings is 1. The Balaban J connectivity index is 2.28. The van der Waals surface area contributed by atoms with Crippen LogP contribution in [0.3, 0.4) is 0 Å². The molecule has 0 radical (unpaired) electrons. The van der Waals surface area contributed by atoms with E-state index in [0.29, 0.717) is 18.6 Å². The van der Waals surface area contributed by atoms with Crippen LogP contribution in [0.15, 0.2) is 24.3 Å². The van der Waals surface area contributed by atoms with E-state index in [1.54, 1.807) is 12.1 Å². The van der Waals surface area contributed by atoms with Crippen molar-refractivity contribution in [2.75, 3.05) is 0 Å². The summed E-state index contributed by atoms with van der Waals surface area (Å²) in [6, 6.07) is 6.54. The van der Waals surface area contributed by atoms with Crippen molar-refractivity contribution in [3.63, 3.8) is 0 Å². The van der Waals surface area contributed by atoms with Crippen LogP contribution in [0.1, 0.15) is 38.2 Å². The topological polar surface area (TPSA) is 17.1 Å². The van der Waals surface area contributed by atoms with Gasteiger partial charge in [-0.15, -0.1) is 0 Å². The monoisotopic (exact) mass is 206 g/mol. The zero-order valence-corrected chi connectivity index (χ0v) is 8.92. The lowest BCUT2D eigenvalue weighted by Crippen LogP contribution is -2.29. The Morgan fingerprint density at radius 1 is 1.27 bits per heavy atom. The van der Waals surface area contributed by atoms with E-state index in [9.17, 15) is 9.18 Å². The lowest BCUT2D eigenvalue weighted by atomic mass is 9.70. The Hall–Kier alpha value is -1.18. The molecule has 1 saturated carbocycles. The van der Waals surface area contributed by atoms with Gasteiger partial charge >= 0.3 is 0 Å². The molecule has 1 aliphatic carbocycles. The first kappa shape index (κ1) is 10.3. The zero-order chi connectivity index (χ0) is 10.9. The predicted molar refractivity (Wildman–Crippen MR) is 57.2 cm³/mol. The predicted octanol–water partition coefficient (Wildman–Crippen LogP) is 3.23. The van der Waals surface area contributed by atoms with Gasteiger partial charge in [-0.1, -0.05) is 19.1 Å². The van der Waals surface area contributed by atoms with Crippen molar-refractivity contribution in [1.29, 1.82) is 0 Å². The van der Waals surface area contributed by atoms with Gasteiger partial charge in [0.2, 0.25) is 0 Å². The number of Topliss-reactive ketones (excluding diaryl/α,β-unsaturated/α-hetero) is 1. The van der Waals surface area contributed by atoms with Gasteiger partial charge in [-0.05, 0) is 36.0 Å².